The average molecular weight is 250 g/mol. The molecule has 15 heavy (non-hydrogen) atoms. The van der Waals surface area contributed by atoms with Crippen molar-refractivity contribution in [2.75, 3.05) is 0 Å². The first-order valence-electron chi connectivity index (χ1n) is 4.50. The molecule has 0 unspecified atom stereocenters. The van der Waals surface area contributed by atoms with Gasteiger partial charge < -0.3 is 0 Å². The van der Waals surface area contributed by atoms with E-state index in [4.69, 9.17) is 0 Å². The SMILES string of the molecule is Sc1ccc(Sc2ccc(S)cc2)cc1. The van der Waals surface area contributed by atoms with Crippen LogP contribution in [0.1, 0.15) is 0 Å². The van der Waals surface area contributed by atoms with E-state index >= 15 is 0 Å². The largest absolute Gasteiger partial charge is 0.143 e. The Labute approximate surface area is 105 Å². The molecule has 0 aliphatic carbocycles. The predicted octanol–water partition coefficient (Wildman–Crippen LogP) is 4.42. The van der Waals surface area contributed by atoms with Crippen molar-refractivity contribution in [2.24, 2.45) is 0 Å². The van der Waals surface area contributed by atoms with Gasteiger partial charge >= 0.3 is 0 Å². The van der Waals surface area contributed by atoms with Crippen LogP contribution >= 0.6 is 37.0 Å². The smallest absolute Gasteiger partial charge is 0.0123 e. The summed E-state index contributed by atoms with van der Waals surface area (Å²) in [4.78, 5) is 4.43. The van der Waals surface area contributed by atoms with E-state index in [2.05, 4.69) is 49.5 Å². The zero-order chi connectivity index (χ0) is 10.7. The van der Waals surface area contributed by atoms with E-state index in [0.717, 1.165) is 9.79 Å². The summed E-state index contributed by atoms with van der Waals surface area (Å²) in [5, 5.41) is 0. The van der Waals surface area contributed by atoms with Gasteiger partial charge in [0.05, 0.1) is 0 Å². The third-order valence-electron chi connectivity index (χ3n) is 1.91. The summed E-state index contributed by atoms with van der Waals surface area (Å²) in [6, 6.07) is 16.3. The van der Waals surface area contributed by atoms with E-state index in [9.17, 15) is 0 Å². The highest BCUT2D eigenvalue weighted by Gasteiger charge is 1.96. The Kier molecular flexibility index (Phi) is 3.67. The van der Waals surface area contributed by atoms with Gasteiger partial charge in [-0.1, -0.05) is 11.8 Å². The van der Waals surface area contributed by atoms with Crippen LogP contribution in [0.25, 0.3) is 0 Å². The molecule has 0 aliphatic heterocycles. The number of rotatable bonds is 2. The van der Waals surface area contributed by atoms with Gasteiger partial charge in [0.15, 0.2) is 0 Å². The maximum atomic E-state index is 4.25. The van der Waals surface area contributed by atoms with Crippen LogP contribution in [0.15, 0.2) is 68.1 Å². The fraction of sp³-hybridized carbons (Fsp3) is 0. The van der Waals surface area contributed by atoms with E-state index < -0.39 is 0 Å². The molecule has 76 valence electrons. The third kappa shape index (κ3) is 3.23. The zero-order valence-electron chi connectivity index (χ0n) is 7.92. The van der Waals surface area contributed by atoms with E-state index in [1.807, 2.05) is 24.3 Å². The number of thiol groups is 2. The molecule has 0 amide bonds. The highest BCUT2D eigenvalue weighted by Crippen LogP contribution is 2.28. The molecular weight excluding hydrogens is 240 g/mol. The molecule has 0 aromatic heterocycles. The van der Waals surface area contributed by atoms with Crippen LogP contribution in [0, 0.1) is 0 Å². The number of benzene rings is 2. The van der Waals surface area contributed by atoms with Crippen molar-refractivity contribution in [3.8, 4) is 0 Å². The van der Waals surface area contributed by atoms with Crippen LogP contribution in [0.2, 0.25) is 0 Å². The van der Waals surface area contributed by atoms with Gasteiger partial charge in [0.25, 0.3) is 0 Å². The molecule has 0 aliphatic rings. The van der Waals surface area contributed by atoms with Gasteiger partial charge in [-0.2, -0.15) is 0 Å². The molecule has 2 aromatic rings. The zero-order valence-corrected chi connectivity index (χ0v) is 10.5. The van der Waals surface area contributed by atoms with Crippen LogP contribution in [0.5, 0.6) is 0 Å². The fourth-order valence-corrected chi connectivity index (χ4v) is 2.28. The van der Waals surface area contributed by atoms with Crippen LogP contribution in [-0.4, -0.2) is 0 Å². The molecule has 0 atom stereocenters. The molecule has 0 fully saturated rings. The highest BCUT2D eigenvalue weighted by molar-refractivity contribution is 7.99. The van der Waals surface area contributed by atoms with E-state index in [1.54, 1.807) is 11.8 Å². The summed E-state index contributed by atoms with van der Waals surface area (Å²) in [6.07, 6.45) is 0. The maximum Gasteiger partial charge on any atom is 0.0123 e. The van der Waals surface area contributed by atoms with Crippen molar-refractivity contribution in [3.05, 3.63) is 48.5 Å². The van der Waals surface area contributed by atoms with Crippen molar-refractivity contribution in [3.63, 3.8) is 0 Å². The molecular formula is C12H10S3. The van der Waals surface area contributed by atoms with Crippen LogP contribution in [0.4, 0.5) is 0 Å². The minimum atomic E-state index is 0.991. The van der Waals surface area contributed by atoms with E-state index in [0.29, 0.717) is 0 Å². The van der Waals surface area contributed by atoms with Gasteiger partial charge in [0, 0.05) is 19.6 Å². The molecule has 0 saturated carbocycles. The van der Waals surface area contributed by atoms with E-state index in [-0.39, 0.29) is 0 Å². The Morgan fingerprint density at radius 1 is 0.600 bits per heavy atom. The lowest BCUT2D eigenvalue weighted by molar-refractivity contribution is 1.32. The van der Waals surface area contributed by atoms with Gasteiger partial charge in [-0.25, -0.2) is 0 Å². The molecule has 0 bridgehead atoms. The Morgan fingerprint density at radius 2 is 0.933 bits per heavy atom. The average Bonchev–Trinajstić information content (AvgIpc) is 2.25. The summed E-state index contributed by atoms with van der Waals surface area (Å²) >= 11 is 10.2. The Bertz CT molecular complexity index is 388. The van der Waals surface area contributed by atoms with Crippen LogP contribution in [-0.2, 0) is 0 Å². The summed E-state index contributed by atoms with van der Waals surface area (Å²) in [5.74, 6) is 0. The molecule has 0 radical (unpaired) electrons. The van der Waals surface area contributed by atoms with Gasteiger partial charge in [-0.15, -0.1) is 25.3 Å². The Balaban J connectivity index is 2.15. The van der Waals surface area contributed by atoms with Crippen LogP contribution in [0.3, 0.4) is 0 Å². The van der Waals surface area contributed by atoms with Gasteiger partial charge in [-0.05, 0) is 48.5 Å². The summed E-state index contributed by atoms with van der Waals surface area (Å²) < 4.78 is 0. The topological polar surface area (TPSA) is 0 Å². The fourth-order valence-electron chi connectivity index (χ4n) is 1.16. The molecule has 0 heterocycles. The number of hydrogen-bond acceptors (Lipinski definition) is 3. The van der Waals surface area contributed by atoms with Gasteiger partial charge in [-0.3, -0.25) is 0 Å². The minimum absolute atomic E-state index is 0.991. The lowest BCUT2D eigenvalue weighted by Gasteiger charge is -2.01. The first kappa shape index (κ1) is 11.0. The quantitative estimate of drug-likeness (QED) is 0.744. The second-order valence-corrected chi connectivity index (χ2v) is 5.27. The molecule has 2 aromatic carbocycles. The van der Waals surface area contributed by atoms with Crippen molar-refractivity contribution < 1.29 is 0 Å². The lowest BCUT2D eigenvalue weighted by Crippen LogP contribution is -1.73. The van der Waals surface area contributed by atoms with Crippen molar-refractivity contribution >= 4 is 37.0 Å². The summed E-state index contributed by atoms with van der Waals surface area (Å²) in [7, 11) is 0. The summed E-state index contributed by atoms with van der Waals surface area (Å²) in [5.41, 5.74) is 0. The van der Waals surface area contributed by atoms with Crippen molar-refractivity contribution in [1.29, 1.82) is 0 Å². The first-order chi connectivity index (χ1) is 7.24. The molecule has 0 saturated heterocycles. The number of hydrogen-bond donors (Lipinski definition) is 2. The highest BCUT2D eigenvalue weighted by atomic mass is 32.2. The van der Waals surface area contributed by atoms with Crippen molar-refractivity contribution in [2.45, 2.75) is 19.6 Å². The standard InChI is InChI=1S/C12H10S3/c13-9-1-5-11(6-2-9)15-12-7-3-10(14)4-8-12/h1-8,13-14H. The van der Waals surface area contributed by atoms with E-state index in [1.165, 1.54) is 9.79 Å². The van der Waals surface area contributed by atoms with Gasteiger partial charge in [0.1, 0.15) is 0 Å². The second-order valence-electron chi connectivity index (χ2n) is 3.09. The summed E-state index contributed by atoms with van der Waals surface area (Å²) in [6.45, 7) is 0. The monoisotopic (exact) mass is 250 g/mol. The van der Waals surface area contributed by atoms with Crippen LogP contribution < -0.4 is 0 Å². The minimum Gasteiger partial charge on any atom is -0.143 e. The lowest BCUT2D eigenvalue weighted by atomic mass is 10.4. The normalized spacial score (nSPS) is 10.3. The van der Waals surface area contributed by atoms with Crippen molar-refractivity contribution in [1.82, 2.24) is 0 Å². The first-order valence-corrected chi connectivity index (χ1v) is 6.21. The maximum absolute atomic E-state index is 4.25. The Morgan fingerprint density at radius 3 is 1.27 bits per heavy atom. The Hall–Kier alpha value is -0.510. The second kappa shape index (κ2) is 5.01. The molecule has 0 spiro atoms. The molecule has 0 nitrogen and oxygen atoms in total. The van der Waals surface area contributed by atoms with Gasteiger partial charge in [0.2, 0.25) is 0 Å². The molecule has 0 N–H and O–H groups in total. The predicted molar refractivity (Wildman–Crippen MR) is 71.5 cm³/mol. The molecule has 2 rings (SSSR count). The molecule has 3 heteroatoms. The third-order valence-corrected chi connectivity index (χ3v) is 3.52.